The molecule has 8 heavy (non-hydrogen) atoms. The second-order valence-corrected chi connectivity index (χ2v) is 7.30. The summed E-state index contributed by atoms with van der Waals surface area (Å²) in [5, 5.41) is 0.806. The van der Waals surface area contributed by atoms with Gasteiger partial charge in [-0.05, 0) is 20.0 Å². The third kappa shape index (κ3) is 3.52. The lowest BCUT2D eigenvalue weighted by atomic mass is 10.9. The summed E-state index contributed by atoms with van der Waals surface area (Å²) in [7, 11) is -1.36. The van der Waals surface area contributed by atoms with E-state index in [1.165, 1.54) is 0 Å². The Kier molecular flexibility index (Phi) is 3.77. The van der Waals surface area contributed by atoms with E-state index in [4.69, 9.17) is 17.1 Å². The summed E-state index contributed by atoms with van der Waals surface area (Å²) < 4.78 is 5.41. The van der Waals surface area contributed by atoms with Gasteiger partial charge in [0.1, 0.15) is 0 Å². The average molecular weight is 149 g/mol. The molecule has 0 amide bonds. The lowest BCUT2D eigenvalue weighted by Crippen LogP contribution is -2.32. The fraction of sp³-hybridized carbons (Fsp3) is 1.00. The molecule has 0 aliphatic rings. The van der Waals surface area contributed by atoms with Crippen LogP contribution in [0.3, 0.4) is 0 Å². The molecule has 0 rings (SSSR count). The molecule has 0 aromatic rings. The summed E-state index contributed by atoms with van der Waals surface area (Å²) in [6.07, 6.45) is 0. The molecule has 0 aromatic carbocycles. The van der Waals surface area contributed by atoms with Crippen LogP contribution in [0.25, 0.3) is 0 Å². The molecular weight excluding hydrogens is 136 g/mol. The molecular formula is C5H13OSSi. The van der Waals surface area contributed by atoms with E-state index in [1.54, 1.807) is 0 Å². The number of hydrogen-bond acceptors (Lipinski definition) is 1. The summed E-state index contributed by atoms with van der Waals surface area (Å²) in [5.41, 5.74) is 0. The van der Waals surface area contributed by atoms with Crippen LogP contribution in [-0.2, 0) is 4.43 Å². The molecule has 0 heterocycles. The van der Waals surface area contributed by atoms with Crippen LogP contribution in [0.1, 0.15) is 6.92 Å². The zero-order valence-corrected chi connectivity index (χ0v) is 7.55. The summed E-state index contributed by atoms with van der Waals surface area (Å²) in [5.74, 6) is 0. The molecule has 0 spiro atoms. The maximum absolute atomic E-state index is 5.41. The quantitative estimate of drug-likeness (QED) is 0.557. The van der Waals surface area contributed by atoms with Gasteiger partial charge in [0.15, 0.2) is 8.32 Å². The molecule has 0 aliphatic heterocycles. The summed E-state index contributed by atoms with van der Waals surface area (Å²) in [4.78, 5) is 0. The highest BCUT2D eigenvalue weighted by atomic mass is 32.1. The van der Waals surface area contributed by atoms with Crippen LogP contribution in [-0.4, -0.2) is 20.3 Å². The first-order chi connectivity index (χ1) is 3.62. The van der Waals surface area contributed by atoms with E-state index in [2.05, 4.69) is 13.1 Å². The zero-order chi connectivity index (χ0) is 6.62. The first-order valence-electron chi connectivity index (χ1n) is 2.84. The van der Waals surface area contributed by atoms with Gasteiger partial charge in [-0.15, -0.1) is 0 Å². The Balaban J connectivity index is 3.37. The lowest BCUT2D eigenvalue weighted by molar-refractivity contribution is 0.334. The van der Waals surface area contributed by atoms with Gasteiger partial charge in [-0.1, -0.05) is 12.6 Å². The van der Waals surface area contributed by atoms with Crippen molar-refractivity contribution in [3.05, 3.63) is 0 Å². The topological polar surface area (TPSA) is 9.23 Å². The van der Waals surface area contributed by atoms with Gasteiger partial charge >= 0.3 is 0 Å². The van der Waals surface area contributed by atoms with E-state index in [-0.39, 0.29) is 0 Å². The van der Waals surface area contributed by atoms with E-state index < -0.39 is 8.32 Å². The van der Waals surface area contributed by atoms with Gasteiger partial charge in [0.25, 0.3) is 0 Å². The van der Waals surface area contributed by atoms with Gasteiger partial charge in [0, 0.05) is 12.0 Å². The van der Waals surface area contributed by atoms with Crippen LogP contribution in [0.4, 0.5) is 0 Å². The minimum atomic E-state index is -1.36. The normalized spacial score (nSPS) is 12.0. The van der Waals surface area contributed by atoms with Crippen LogP contribution in [0.2, 0.25) is 13.1 Å². The highest BCUT2D eigenvalue weighted by Crippen LogP contribution is 2.04. The Bertz CT molecular complexity index is 65.4. The van der Waals surface area contributed by atoms with Crippen LogP contribution in [0.15, 0.2) is 0 Å². The third-order valence-electron chi connectivity index (χ3n) is 0.883. The first kappa shape index (κ1) is 8.53. The molecule has 49 valence electrons. The molecule has 0 fully saturated rings. The average Bonchev–Trinajstić information content (AvgIpc) is 1.67. The standard InChI is InChI=1S/C5H13OSSi/c1-4-6-8(2,3)5-7/h4-5H2,1-3H3. The maximum Gasteiger partial charge on any atom is 0.197 e. The highest BCUT2D eigenvalue weighted by molar-refractivity contribution is 7.82. The highest BCUT2D eigenvalue weighted by Gasteiger charge is 2.18. The molecule has 0 atom stereocenters. The Labute approximate surface area is 58.0 Å². The molecule has 1 nitrogen and oxygen atoms in total. The molecule has 0 unspecified atom stereocenters. The Morgan fingerprint density at radius 3 is 2.12 bits per heavy atom. The zero-order valence-electron chi connectivity index (χ0n) is 5.73. The van der Waals surface area contributed by atoms with Crippen molar-refractivity contribution in [3.63, 3.8) is 0 Å². The molecule has 0 aromatic heterocycles. The van der Waals surface area contributed by atoms with Gasteiger partial charge < -0.3 is 4.43 Å². The van der Waals surface area contributed by atoms with E-state index >= 15 is 0 Å². The summed E-state index contributed by atoms with van der Waals surface area (Å²) >= 11 is 4.89. The fourth-order valence-corrected chi connectivity index (χ4v) is 1.55. The van der Waals surface area contributed by atoms with Gasteiger partial charge in [-0.25, -0.2) is 0 Å². The Morgan fingerprint density at radius 2 is 2.00 bits per heavy atom. The molecule has 0 aliphatic carbocycles. The van der Waals surface area contributed by atoms with Crippen molar-refractivity contribution in [2.24, 2.45) is 0 Å². The molecule has 1 radical (unpaired) electrons. The van der Waals surface area contributed by atoms with Crippen LogP contribution in [0, 0.1) is 0 Å². The van der Waals surface area contributed by atoms with E-state index in [9.17, 15) is 0 Å². The van der Waals surface area contributed by atoms with Crippen molar-refractivity contribution in [2.75, 3.05) is 12.0 Å². The minimum Gasteiger partial charge on any atom is -0.417 e. The van der Waals surface area contributed by atoms with Gasteiger partial charge in [0.2, 0.25) is 0 Å². The van der Waals surface area contributed by atoms with Gasteiger partial charge in [0.05, 0.1) is 0 Å². The first-order valence-corrected chi connectivity index (χ1v) is 6.53. The molecule has 0 saturated heterocycles. The fourth-order valence-electron chi connectivity index (χ4n) is 0.432. The van der Waals surface area contributed by atoms with Crippen molar-refractivity contribution in [1.29, 1.82) is 0 Å². The summed E-state index contributed by atoms with van der Waals surface area (Å²) in [6, 6.07) is 0. The predicted molar refractivity (Wildman–Crippen MR) is 41.6 cm³/mol. The number of rotatable bonds is 3. The lowest BCUT2D eigenvalue weighted by Gasteiger charge is -2.17. The minimum absolute atomic E-state index is 0.806. The van der Waals surface area contributed by atoms with Crippen molar-refractivity contribution < 1.29 is 4.43 Å². The van der Waals surface area contributed by atoms with Crippen molar-refractivity contribution in [2.45, 2.75) is 20.0 Å². The number of hydrogen-bond donors (Lipinski definition) is 0. The third-order valence-corrected chi connectivity index (χ3v) is 4.73. The van der Waals surface area contributed by atoms with E-state index in [1.807, 2.05) is 6.92 Å². The van der Waals surface area contributed by atoms with Crippen LogP contribution >= 0.6 is 12.6 Å². The Morgan fingerprint density at radius 1 is 1.50 bits per heavy atom. The molecule has 0 N–H and O–H groups in total. The van der Waals surface area contributed by atoms with Crippen molar-refractivity contribution >= 4 is 20.9 Å². The molecule has 3 heteroatoms. The summed E-state index contributed by atoms with van der Waals surface area (Å²) in [6.45, 7) is 7.11. The SMILES string of the molecule is CCO[Si](C)(C)C[S]. The van der Waals surface area contributed by atoms with E-state index in [0.717, 1.165) is 12.0 Å². The molecule has 0 saturated carbocycles. The monoisotopic (exact) mass is 149 g/mol. The van der Waals surface area contributed by atoms with Crippen LogP contribution < -0.4 is 0 Å². The van der Waals surface area contributed by atoms with E-state index in [0.29, 0.717) is 0 Å². The van der Waals surface area contributed by atoms with Crippen molar-refractivity contribution in [3.8, 4) is 0 Å². The van der Waals surface area contributed by atoms with Crippen LogP contribution in [0.5, 0.6) is 0 Å². The van der Waals surface area contributed by atoms with Gasteiger partial charge in [-0.2, -0.15) is 0 Å². The molecule has 0 bridgehead atoms. The second kappa shape index (κ2) is 3.53. The maximum atomic E-state index is 5.41. The van der Waals surface area contributed by atoms with Crippen molar-refractivity contribution in [1.82, 2.24) is 0 Å². The van der Waals surface area contributed by atoms with Gasteiger partial charge in [-0.3, -0.25) is 0 Å². The smallest absolute Gasteiger partial charge is 0.197 e. The predicted octanol–water partition coefficient (Wildman–Crippen LogP) is 1.96. The second-order valence-electron chi connectivity index (χ2n) is 2.34. The largest absolute Gasteiger partial charge is 0.417 e. The Hall–Kier alpha value is 0.527.